The highest BCUT2D eigenvalue weighted by Crippen LogP contribution is 2.27. The Balaban J connectivity index is 3.06. The van der Waals surface area contributed by atoms with Crippen molar-refractivity contribution in [3.05, 3.63) is 47.8 Å². The lowest BCUT2D eigenvalue weighted by Gasteiger charge is -2.16. The van der Waals surface area contributed by atoms with Crippen molar-refractivity contribution >= 4 is 0 Å². The average molecular weight is 176 g/mol. The largest absolute Gasteiger partial charge is 0.496 e. The summed E-state index contributed by atoms with van der Waals surface area (Å²) in [6, 6.07) is 0. The van der Waals surface area contributed by atoms with Gasteiger partial charge in [-0.25, -0.2) is 0 Å². The van der Waals surface area contributed by atoms with Crippen molar-refractivity contribution in [1.29, 1.82) is 0 Å². The normalized spacial score (nSPS) is 17.5. The number of methoxy groups -OCH3 is 1. The van der Waals surface area contributed by atoms with Gasteiger partial charge in [0.1, 0.15) is 5.76 Å². The molecule has 0 aromatic heterocycles. The van der Waals surface area contributed by atoms with E-state index in [4.69, 9.17) is 4.74 Å². The van der Waals surface area contributed by atoms with Gasteiger partial charge in [0.2, 0.25) is 0 Å². The zero-order chi connectivity index (χ0) is 9.68. The van der Waals surface area contributed by atoms with E-state index in [1.54, 1.807) is 7.11 Å². The molecule has 1 aliphatic carbocycles. The first-order valence-electron chi connectivity index (χ1n) is 4.56. The molecule has 0 saturated carbocycles. The van der Waals surface area contributed by atoms with Crippen molar-refractivity contribution < 1.29 is 4.74 Å². The zero-order valence-corrected chi connectivity index (χ0v) is 8.34. The lowest BCUT2D eigenvalue weighted by molar-refractivity contribution is 0.298. The van der Waals surface area contributed by atoms with Gasteiger partial charge in [-0.05, 0) is 31.4 Å². The minimum Gasteiger partial charge on any atom is -0.496 e. The fourth-order valence-corrected chi connectivity index (χ4v) is 1.52. The minimum absolute atomic E-state index is 0.972. The first-order chi connectivity index (χ1) is 6.33. The Morgan fingerprint density at radius 2 is 2.31 bits per heavy atom. The van der Waals surface area contributed by atoms with Gasteiger partial charge in [-0.1, -0.05) is 24.8 Å². The molecule has 0 saturated heterocycles. The molecule has 0 radical (unpaired) electrons. The molecule has 1 rings (SSSR count). The summed E-state index contributed by atoms with van der Waals surface area (Å²) in [6.07, 6.45) is 10.3. The smallest absolute Gasteiger partial charge is 0.122 e. The molecule has 0 bridgehead atoms. The summed E-state index contributed by atoms with van der Waals surface area (Å²) in [5.41, 5.74) is 2.45. The van der Waals surface area contributed by atoms with E-state index in [-0.39, 0.29) is 0 Å². The van der Waals surface area contributed by atoms with E-state index in [0.717, 1.165) is 18.6 Å². The highest BCUT2D eigenvalue weighted by atomic mass is 16.5. The molecular weight excluding hydrogens is 160 g/mol. The van der Waals surface area contributed by atoms with Crippen molar-refractivity contribution in [2.75, 3.05) is 7.11 Å². The molecule has 0 heterocycles. The molecule has 0 aliphatic heterocycles. The van der Waals surface area contributed by atoms with Gasteiger partial charge in [0.15, 0.2) is 0 Å². The molecule has 0 amide bonds. The van der Waals surface area contributed by atoms with Gasteiger partial charge in [0.25, 0.3) is 0 Å². The van der Waals surface area contributed by atoms with E-state index in [1.807, 2.05) is 19.1 Å². The maximum atomic E-state index is 5.29. The van der Waals surface area contributed by atoms with Crippen molar-refractivity contribution in [3.63, 3.8) is 0 Å². The quantitative estimate of drug-likeness (QED) is 0.640. The minimum atomic E-state index is 0.972. The summed E-state index contributed by atoms with van der Waals surface area (Å²) in [6.45, 7) is 5.82. The molecule has 1 nitrogen and oxygen atoms in total. The summed E-state index contributed by atoms with van der Waals surface area (Å²) >= 11 is 0. The molecule has 1 aliphatic rings. The number of hydrogen-bond acceptors (Lipinski definition) is 1. The summed E-state index contributed by atoms with van der Waals surface area (Å²) in [4.78, 5) is 0. The number of allylic oxidation sites excluding steroid dienone is 5. The van der Waals surface area contributed by atoms with E-state index >= 15 is 0 Å². The van der Waals surface area contributed by atoms with Crippen LogP contribution < -0.4 is 0 Å². The van der Waals surface area contributed by atoms with Gasteiger partial charge < -0.3 is 4.74 Å². The monoisotopic (exact) mass is 176 g/mol. The van der Waals surface area contributed by atoms with Crippen LogP contribution in [0.1, 0.15) is 19.8 Å². The predicted molar refractivity (Wildman–Crippen MR) is 56.4 cm³/mol. The standard InChI is InChI=1S/C12H16O/c1-4-7-11-10(5-2)8-6-9-12(11)13-3/h4-5,7,9H,2,6,8H2,1,3H3. The molecule has 0 N–H and O–H groups in total. The fourth-order valence-electron chi connectivity index (χ4n) is 1.52. The Kier molecular flexibility index (Phi) is 3.56. The maximum absolute atomic E-state index is 5.29. The third kappa shape index (κ3) is 2.11. The van der Waals surface area contributed by atoms with Crippen LogP contribution >= 0.6 is 0 Å². The van der Waals surface area contributed by atoms with E-state index in [1.165, 1.54) is 11.1 Å². The van der Waals surface area contributed by atoms with Gasteiger partial charge in [0.05, 0.1) is 7.11 Å². The van der Waals surface area contributed by atoms with Crippen LogP contribution in [0.2, 0.25) is 0 Å². The van der Waals surface area contributed by atoms with Crippen molar-refractivity contribution in [2.24, 2.45) is 0 Å². The van der Waals surface area contributed by atoms with Gasteiger partial charge in [0, 0.05) is 5.57 Å². The molecule has 0 fully saturated rings. The molecule has 70 valence electrons. The Morgan fingerprint density at radius 1 is 1.54 bits per heavy atom. The van der Waals surface area contributed by atoms with Crippen LogP contribution in [0, 0.1) is 0 Å². The van der Waals surface area contributed by atoms with Crippen LogP contribution in [-0.2, 0) is 4.74 Å². The average Bonchev–Trinajstić information content (AvgIpc) is 2.18. The van der Waals surface area contributed by atoms with Gasteiger partial charge in [-0.3, -0.25) is 0 Å². The first-order valence-corrected chi connectivity index (χ1v) is 4.56. The van der Waals surface area contributed by atoms with E-state index < -0.39 is 0 Å². The third-order valence-electron chi connectivity index (χ3n) is 2.15. The Labute approximate surface area is 80.1 Å². The predicted octanol–water partition coefficient (Wildman–Crippen LogP) is 3.37. The lowest BCUT2D eigenvalue weighted by atomic mass is 9.95. The third-order valence-corrected chi connectivity index (χ3v) is 2.15. The number of ether oxygens (including phenoxy) is 1. The Morgan fingerprint density at radius 3 is 2.85 bits per heavy atom. The van der Waals surface area contributed by atoms with E-state index in [9.17, 15) is 0 Å². The number of rotatable bonds is 3. The summed E-state index contributed by atoms with van der Waals surface area (Å²) in [5, 5.41) is 0. The topological polar surface area (TPSA) is 9.23 Å². The van der Waals surface area contributed by atoms with Crippen molar-refractivity contribution in [2.45, 2.75) is 19.8 Å². The van der Waals surface area contributed by atoms with Crippen molar-refractivity contribution in [3.8, 4) is 0 Å². The summed E-state index contributed by atoms with van der Waals surface area (Å²) < 4.78 is 5.29. The maximum Gasteiger partial charge on any atom is 0.122 e. The molecule has 1 heteroatoms. The highest BCUT2D eigenvalue weighted by Gasteiger charge is 2.11. The van der Waals surface area contributed by atoms with E-state index in [0.29, 0.717) is 0 Å². The summed E-state index contributed by atoms with van der Waals surface area (Å²) in [5.74, 6) is 0.972. The van der Waals surface area contributed by atoms with Gasteiger partial charge in [-0.15, -0.1) is 0 Å². The molecule has 13 heavy (non-hydrogen) atoms. The highest BCUT2D eigenvalue weighted by molar-refractivity contribution is 5.46. The molecular formula is C12H16O. The Hall–Kier alpha value is -1.24. The van der Waals surface area contributed by atoms with Crippen LogP contribution in [0.5, 0.6) is 0 Å². The van der Waals surface area contributed by atoms with Gasteiger partial charge in [-0.2, -0.15) is 0 Å². The second kappa shape index (κ2) is 4.70. The Bertz CT molecular complexity index is 279. The molecule has 0 unspecified atom stereocenters. The van der Waals surface area contributed by atoms with Crippen LogP contribution in [0.25, 0.3) is 0 Å². The van der Waals surface area contributed by atoms with E-state index in [2.05, 4.69) is 18.7 Å². The number of hydrogen-bond donors (Lipinski definition) is 0. The lowest BCUT2D eigenvalue weighted by Crippen LogP contribution is -1.99. The summed E-state index contributed by atoms with van der Waals surface area (Å²) in [7, 11) is 1.71. The second-order valence-electron chi connectivity index (χ2n) is 2.95. The first kappa shape index (κ1) is 9.85. The van der Waals surface area contributed by atoms with Crippen LogP contribution in [0.4, 0.5) is 0 Å². The van der Waals surface area contributed by atoms with Crippen LogP contribution in [0.3, 0.4) is 0 Å². The molecule has 0 aromatic carbocycles. The second-order valence-corrected chi connectivity index (χ2v) is 2.95. The molecule has 0 atom stereocenters. The molecule has 0 aromatic rings. The molecule has 0 spiro atoms. The van der Waals surface area contributed by atoms with Crippen LogP contribution in [-0.4, -0.2) is 7.11 Å². The van der Waals surface area contributed by atoms with Crippen LogP contribution in [0.15, 0.2) is 47.8 Å². The fraction of sp³-hybridized carbons (Fsp3) is 0.333. The zero-order valence-electron chi connectivity index (χ0n) is 8.34. The van der Waals surface area contributed by atoms with Gasteiger partial charge >= 0.3 is 0 Å². The SMILES string of the molecule is C=CC1=C(C=CC)C(OC)=CCC1. The van der Waals surface area contributed by atoms with Crippen molar-refractivity contribution in [1.82, 2.24) is 0 Å².